The summed E-state index contributed by atoms with van der Waals surface area (Å²) in [5.74, 6) is 3.28. The molecule has 284 valence electrons. The summed E-state index contributed by atoms with van der Waals surface area (Å²) < 4.78 is 5.35. The summed E-state index contributed by atoms with van der Waals surface area (Å²) in [5.41, 5.74) is 3.40. The van der Waals surface area contributed by atoms with Crippen molar-refractivity contribution in [2.24, 2.45) is 23.2 Å². The van der Waals surface area contributed by atoms with E-state index in [0.717, 1.165) is 55.1 Å². The number of aromatic nitrogens is 7. The van der Waals surface area contributed by atoms with Gasteiger partial charge in [-0.05, 0) is 85.8 Å². The minimum Gasteiger partial charge on any atom is -0.363 e. The molecule has 0 aromatic carbocycles. The Morgan fingerprint density at radius 3 is 2.46 bits per heavy atom. The highest BCUT2D eigenvalue weighted by Crippen LogP contribution is 2.61. The number of amides is 2. The largest absolute Gasteiger partial charge is 0.363 e. The minimum absolute atomic E-state index is 0.0340. The maximum Gasteiger partial charge on any atom is 0.247 e. The van der Waals surface area contributed by atoms with Crippen LogP contribution in [0.25, 0.3) is 5.65 Å². The third-order valence-electron chi connectivity index (χ3n) is 13.0. The van der Waals surface area contributed by atoms with Gasteiger partial charge >= 0.3 is 0 Å². The van der Waals surface area contributed by atoms with Gasteiger partial charge in [0.1, 0.15) is 12.1 Å². The number of fused-ring (bicyclic) bond motifs is 1. The number of nitrogens with one attached hydrogen (secondary N) is 2. The maximum atomic E-state index is 13.2. The molecule has 2 N–H and O–H groups in total. The van der Waals surface area contributed by atoms with Gasteiger partial charge in [0.05, 0.1) is 36.3 Å². The molecule has 2 amide bonds. The Balaban J connectivity index is 0.733. The second-order valence-corrected chi connectivity index (χ2v) is 16.9. The Morgan fingerprint density at radius 2 is 1.76 bits per heavy atom. The van der Waals surface area contributed by atoms with Crippen LogP contribution in [0.3, 0.4) is 0 Å². The molecular weight excluding hydrogens is 683 g/mol. The number of nitriles is 1. The number of aryl methyl sites for hydroxylation is 1. The Bertz CT molecular complexity index is 2010. The van der Waals surface area contributed by atoms with Crippen molar-refractivity contribution in [3.05, 3.63) is 48.7 Å². The Kier molecular flexibility index (Phi) is 9.03. The van der Waals surface area contributed by atoms with Crippen molar-refractivity contribution in [3.8, 4) is 6.07 Å². The number of nitrogens with zero attached hydrogens (tertiary/aromatic N) is 11. The van der Waals surface area contributed by atoms with Gasteiger partial charge in [-0.25, -0.2) is 4.52 Å². The highest BCUT2D eigenvalue weighted by atomic mass is 16.2. The lowest BCUT2D eigenvalue weighted by molar-refractivity contribution is -0.133. The van der Waals surface area contributed by atoms with Gasteiger partial charge < -0.3 is 20.4 Å². The highest BCUT2D eigenvalue weighted by Gasteiger charge is 2.51. The summed E-state index contributed by atoms with van der Waals surface area (Å²) in [6.45, 7) is 7.95. The molecule has 54 heavy (non-hydrogen) atoms. The Labute approximate surface area is 315 Å². The fraction of sp³-hybridized carbons (Fsp3) is 0.615. The van der Waals surface area contributed by atoms with Gasteiger partial charge in [-0.3, -0.25) is 23.9 Å². The van der Waals surface area contributed by atoms with E-state index in [2.05, 4.69) is 54.9 Å². The van der Waals surface area contributed by atoms with E-state index in [0.29, 0.717) is 62.8 Å². The zero-order chi connectivity index (χ0) is 36.9. The molecule has 2 aliphatic heterocycles. The normalized spacial score (nSPS) is 25.8. The van der Waals surface area contributed by atoms with Crippen molar-refractivity contribution in [3.63, 3.8) is 0 Å². The molecule has 6 aliphatic rings. The number of anilines is 3. The molecule has 4 aromatic rings. The van der Waals surface area contributed by atoms with Crippen LogP contribution in [-0.2, 0) is 28.1 Å². The van der Waals surface area contributed by atoms with E-state index in [4.69, 9.17) is 4.98 Å². The van der Waals surface area contributed by atoms with E-state index in [1.54, 1.807) is 21.6 Å². The van der Waals surface area contributed by atoms with Gasteiger partial charge in [-0.15, -0.1) is 5.10 Å². The zero-order valence-electron chi connectivity index (χ0n) is 31.2. The first-order valence-corrected chi connectivity index (χ1v) is 19.9. The molecule has 6 fully saturated rings. The van der Waals surface area contributed by atoms with Crippen LogP contribution in [0.4, 0.5) is 17.3 Å². The van der Waals surface area contributed by atoms with E-state index >= 15 is 0 Å². The van der Waals surface area contributed by atoms with Gasteiger partial charge in [0.25, 0.3) is 0 Å². The topological polar surface area (TPSA) is 158 Å². The Morgan fingerprint density at radius 1 is 1.00 bits per heavy atom. The number of hydrogen-bond donors (Lipinski definition) is 2. The van der Waals surface area contributed by atoms with Crippen LogP contribution in [0.5, 0.6) is 0 Å². The quantitative estimate of drug-likeness (QED) is 0.209. The smallest absolute Gasteiger partial charge is 0.247 e. The van der Waals surface area contributed by atoms with E-state index in [1.807, 2.05) is 34.1 Å². The van der Waals surface area contributed by atoms with Crippen molar-refractivity contribution in [1.82, 2.24) is 49.3 Å². The lowest BCUT2D eigenvalue weighted by Crippen LogP contribution is -2.63. The highest BCUT2D eigenvalue weighted by molar-refractivity contribution is 5.77. The second kappa shape index (κ2) is 14.0. The molecule has 0 unspecified atom stereocenters. The summed E-state index contributed by atoms with van der Waals surface area (Å²) in [7, 11) is 0. The van der Waals surface area contributed by atoms with E-state index < -0.39 is 0 Å². The SMILES string of the molecule is CCc1cnn(C2(CC#N)CN(c3cccn4nc(Nc5cnn(CC(=O)N6CCN(CCNC(=O)CC78CC9CC(CC(C9)C7)C8)CC6)c5)nc34)C2)c1. The molecule has 4 aliphatic carbocycles. The number of pyridine rings is 1. The number of carbonyl (C=O) groups excluding carboxylic acids is 2. The first kappa shape index (κ1) is 34.8. The van der Waals surface area contributed by atoms with Crippen molar-refractivity contribution in [2.75, 3.05) is 62.6 Å². The predicted molar refractivity (Wildman–Crippen MR) is 202 cm³/mol. The molecule has 6 heterocycles. The van der Waals surface area contributed by atoms with Gasteiger partial charge in [0.2, 0.25) is 17.8 Å². The molecule has 0 atom stereocenters. The molecule has 4 saturated carbocycles. The van der Waals surface area contributed by atoms with Crippen molar-refractivity contribution >= 4 is 34.8 Å². The predicted octanol–water partition coefficient (Wildman–Crippen LogP) is 3.42. The number of piperazine rings is 1. The van der Waals surface area contributed by atoms with Crippen LogP contribution < -0.4 is 15.5 Å². The molecule has 10 rings (SSSR count). The number of hydrogen-bond acceptors (Lipinski definition) is 10. The fourth-order valence-electron chi connectivity index (χ4n) is 10.7. The van der Waals surface area contributed by atoms with Crippen molar-refractivity contribution in [2.45, 2.75) is 76.8 Å². The lowest BCUT2D eigenvalue weighted by atomic mass is 9.49. The summed E-state index contributed by atoms with van der Waals surface area (Å²) in [4.78, 5) is 37.4. The summed E-state index contributed by atoms with van der Waals surface area (Å²) in [5, 5.41) is 29.7. The van der Waals surface area contributed by atoms with Gasteiger partial charge in [0.15, 0.2) is 5.65 Å². The van der Waals surface area contributed by atoms with E-state index in [9.17, 15) is 14.9 Å². The number of carbonyl (C=O) groups is 2. The molecule has 0 radical (unpaired) electrons. The van der Waals surface area contributed by atoms with Gasteiger partial charge in [-0.1, -0.05) is 6.92 Å². The third kappa shape index (κ3) is 6.80. The minimum atomic E-state index is -0.373. The Hall–Kier alpha value is -4.97. The van der Waals surface area contributed by atoms with E-state index in [1.165, 1.54) is 38.5 Å². The summed E-state index contributed by atoms with van der Waals surface area (Å²) in [6, 6.07) is 6.33. The molecule has 0 spiro atoms. The van der Waals surface area contributed by atoms with Crippen LogP contribution in [0.2, 0.25) is 0 Å². The lowest BCUT2D eigenvalue weighted by Gasteiger charge is -2.56. The maximum absolute atomic E-state index is 13.2. The second-order valence-electron chi connectivity index (χ2n) is 16.9. The molecule has 4 bridgehead atoms. The van der Waals surface area contributed by atoms with Crippen molar-refractivity contribution in [1.29, 1.82) is 5.26 Å². The monoisotopic (exact) mass is 733 g/mol. The van der Waals surface area contributed by atoms with E-state index in [-0.39, 0.29) is 29.3 Å². The van der Waals surface area contributed by atoms with Gasteiger partial charge in [0, 0.05) is 77.4 Å². The standard InChI is InChI=1S/C39H51N13O2/c1-2-28-21-43-52(23-28)39(5-6-40)26-49(27-39)33-4-3-8-51-36(33)45-37(46-51)44-32-22-42-50(24-32)25-35(54)48-12-10-47(11-13-48)9-7-41-34(53)20-38-17-29-14-30(18-38)16-31(15-29)19-38/h3-4,8,21-24,29-31H,2,5,7,9-20,25-27H2,1H3,(H,41,53)(H,44,46). The van der Waals surface area contributed by atoms with Crippen LogP contribution in [-0.4, -0.2) is 108 Å². The average molecular weight is 734 g/mol. The van der Waals surface area contributed by atoms with Crippen LogP contribution in [0.15, 0.2) is 43.1 Å². The summed E-state index contributed by atoms with van der Waals surface area (Å²) >= 11 is 0. The van der Waals surface area contributed by atoms with Crippen LogP contribution >= 0.6 is 0 Å². The molecule has 15 heteroatoms. The van der Waals surface area contributed by atoms with Crippen LogP contribution in [0, 0.1) is 34.5 Å². The summed E-state index contributed by atoms with van der Waals surface area (Å²) in [6.07, 6.45) is 19.3. The first-order valence-electron chi connectivity index (χ1n) is 19.9. The van der Waals surface area contributed by atoms with Crippen molar-refractivity contribution < 1.29 is 9.59 Å². The van der Waals surface area contributed by atoms with Gasteiger partial charge in [-0.2, -0.15) is 20.4 Å². The molecular formula is C39H51N13O2. The van der Waals surface area contributed by atoms with Crippen LogP contribution in [0.1, 0.15) is 63.9 Å². The molecule has 2 saturated heterocycles. The molecule has 4 aromatic heterocycles. The zero-order valence-corrected chi connectivity index (χ0v) is 31.2. The first-order chi connectivity index (χ1) is 26.3. The fourth-order valence-corrected chi connectivity index (χ4v) is 10.7. The third-order valence-corrected chi connectivity index (χ3v) is 13.0. The molecule has 15 nitrogen and oxygen atoms in total. The average Bonchev–Trinajstić information content (AvgIpc) is 3.89. The number of rotatable bonds is 13.